The Bertz CT molecular complexity index is 756. The smallest absolute Gasteiger partial charge is 0.354 e. The maximum Gasteiger partial charge on any atom is 0.354 e. The van der Waals surface area contributed by atoms with Crippen LogP contribution in [0.15, 0.2) is 24.5 Å². The van der Waals surface area contributed by atoms with Crippen molar-refractivity contribution in [2.24, 2.45) is 7.05 Å². The highest BCUT2D eigenvalue weighted by atomic mass is 35.5. The molecule has 3 heterocycles. The molecule has 0 atom stereocenters. The van der Waals surface area contributed by atoms with Crippen molar-refractivity contribution in [1.29, 1.82) is 0 Å². The highest BCUT2D eigenvalue weighted by Gasteiger charge is 2.15. The van der Waals surface area contributed by atoms with E-state index in [-0.39, 0.29) is 5.69 Å². The van der Waals surface area contributed by atoms with Crippen LogP contribution in [0.5, 0.6) is 0 Å². The number of rotatable bonds is 2. The van der Waals surface area contributed by atoms with Crippen molar-refractivity contribution in [2.75, 3.05) is 0 Å². The number of carboxylic acids is 1. The fraction of sp³-hybridized carbons (Fsp3) is 0.0909. The van der Waals surface area contributed by atoms with E-state index >= 15 is 0 Å². The number of aryl methyl sites for hydroxylation is 1. The van der Waals surface area contributed by atoms with Gasteiger partial charge in [-0.25, -0.2) is 9.78 Å². The lowest BCUT2D eigenvalue weighted by Crippen LogP contribution is -2.04. The van der Waals surface area contributed by atoms with Crippen molar-refractivity contribution in [3.8, 4) is 10.6 Å². The summed E-state index contributed by atoms with van der Waals surface area (Å²) < 4.78 is 3.95. The number of carboxylic acid groups (broad SMARTS) is 1. The van der Waals surface area contributed by atoms with Gasteiger partial charge >= 0.3 is 5.97 Å². The summed E-state index contributed by atoms with van der Waals surface area (Å²) in [7, 11) is 1.68. The Balaban J connectivity index is 2.16. The van der Waals surface area contributed by atoms with Crippen LogP contribution in [-0.2, 0) is 7.05 Å². The summed E-state index contributed by atoms with van der Waals surface area (Å²) in [5.74, 6) is -0.379. The molecule has 3 rings (SSSR count). The molecule has 18 heavy (non-hydrogen) atoms. The number of aromatic nitrogens is 3. The van der Waals surface area contributed by atoms with E-state index in [0.717, 1.165) is 10.6 Å². The molecule has 0 fully saturated rings. The summed E-state index contributed by atoms with van der Waals surface area (Å²) in [6.45, 7) is 0. The first-order valence-corrected chi connectivity index (χ1v) is 6.29. The van der Waals surface area contributed by atoms with Crippen LogP contribution in [0.25, 0.3) is 16.3 Å². The molecular weight excluding hydrogens is 274 g/mol. The minimum atomic E-state index is -0.969. The highest BCUT2D eigenvalue weighted by Crippen LogP contribution is 2.30. The summed E-state index contributed by atoms with van der Waals surface area (Å²) >= 11 is 7.32. The quantitative estimate of drug-likeness (QED) is 0.786. The van der Waals surface area contributed by atoms with Crippen molar-refractivity contribution in [3.05, 3.63) is 34.6 Å². The highest BCUT2D eigenvalue weighted by molar-refractivity contribution is 7.19. The molecule has 0 radical (unpaired) electrons. The van der Waals surface area contributed by atoms with Crippen molar-refractivity contribution in [2.45, 2.75) is 0 Å². The Morgan fingerprint density at radius 2 is 2.22 bits per heavy atom. The van der Waals surface area contributed by atoms with Crippen LogP contribution in [0, 0.1) is 0 Å². The number of halogens is 1. The van der Waals surface area contributed by atoms with Crippen molar-refractivity contribution in [3.63, 3.8) is 0 Å². The van der Waals surface area contributed by atoms with Gasteiger partial charge in [-0.15, -0.1) is 11.3 Å². The van der Waals surface area contributed by atoms with E-state index in [1.54, 1.807) is 28.4 Å². The molecule has 3 aromatic heterocycles. The van der Waals surface area contributed by atoms with E-state index in [4.69, 9.17) is 16.7 Å². The molecule has 0 spiro atoms. The van der Waals surface area contributed by atoms with Crippen molar-refractivity contribution >= 4 is 34.7 Å². The third-order valence-electron chi connectivity index (χ3n) is 2.68. The van der Waals surface area contributed by atoms with E-state index < -0.39 is 5.97 Å². The van der Waals surface area contributed by atoms with Gasteiger partial charge in [-0.3, -0.25) is 4.40 Å². The van der Waals surface area contributed by atoms with Gasteiger partial charge in [0.15, 0.2) is 0 Å². The van der Waals surface area contributed by atoms with Crippen LogP contribution in [-0.4, -0.2) is 25.0 Å². The number of carbonyl (C=O) groups is 1. The van der Waals surface area contributed by atoms with Gasteiger partial charge in [0, 0.05) is 19.4 Å². The number of aromatic carboxylic acids is 1. The molecule has 1 N–H and O–H groups in total. The molecule has 0 saturated heterocycles. The predicted molar refractivity (Wildman–Crippen MR) is 69.4 cm³/mol. The summed E-state index contributed by atoms with van der Waals surface area (Å²) in [6.07, 6.45) is 3.34. The second-order valence-electron chi connectivity index (χ2n) is 3.82. The number of hydrogen-bond donors (Lipinski definition) is 1. The maximum atomic E-state index is 11.0. The largest absolute Gasteiger partial charge is 0.477 e. The molecular formula is C11H8ClN3O2S. The van der Waals surface area contributed by atoms with E-state index in [1.165, 1.54) is 11.3 Å². The first-order valence-electron chi connectivity index (χ1n) is 5.09. The normalized spacial score (nSPS) is 11.2. The molecule has 3 aromatic rings. The van der Waals surface area contributed by atoms with E-state index in [9.17, 15) is 4.79 Å². The van der Waals surface area contributed by atoms with E-state index in [2.05, 4.69) is 4.98 Å². The molecule has 7 heteroatoms. The second-order valence-corrected chi connectivity index (χ2v) is 5.53. The number of hydrogen-bond acceptors (Lipinski definition) is 3. The Hall–Kier alpha value is -1.79. The lowest BCUT2D eigenvalue weighted by molar-refractivity contribution is 0.0687. The van der Waals surface area contributed by atoms with Gasteiger partial charge in [-0.05, 0) is 12.1 Å². The first-order chi connectivity index (χ1) is 8.56. The summed E-state index contributed by atoms with van der Waals surface area (Å²) in [4.78, 5) is 16.3. The van der Waals surface area contributed by atoms with Crippen molar-refractivity contribution in [1.82, 2.24) is 14.0 Å². The monoisotopic (exact) mass is 281 g/mol. The zero-order chi connectivity index (χ0) is 12.9. The molecule has 5 nitrogen and oxygen atoms in total. The SMILES string of the molecule is Cn1c(C(=O)O)cn2cc(-c3ccc(Cl)s3)nc12. The molecule has 0 aromatic carbocycles. The third kappa shape index (κ3) is 1.61. The standard InChI is InChI=1S/C11H8ClN3O2S/c1-14-7(10(16)17)5-15-4-6(13-11(14)15)8-2-3-9(12)18-8/h2-5H,1H3,(H,16,17). The predicted octanol–water partition coefficient (Wildman–Crippen LogP) is 2.75. The zero-order valence-corrected chi connectivity index (χ0v) is 10.9. The van der Waals surface area contributed by atoms with Crippen molar-refractivity contribution < 1.29 is 9.90 Å². The average molecular weight is 282 g/mol. The lowest BCUT2D eigenvalue weighted by atomic mass is 10.4. The van der Waals surface area contributed by atoms with Crippen LogP contribution in [0.3, 0.4) is 0 Å². The number of fused-ring (bicyclic) bond motifs is 1. The Kier molecular flexibility index (Phi) is 2.42. The van der Waals surface area contributed by atoms with Gasteiger partial charge in [0.1, 0.15) is 11.4 Å². The van der Waals surface area contributed by atoms with Gasteiger partial charge in [0.25, 0.3) is 0 Å². The number of thiophene rings is 1. The third-order valence-corrected chi connectivity index (χ3v) is 3.93. The van der Waals surface area contributed by atoms with Gasteiger partial charge in [0.2, 0.25) is 5.78 Å². The molecule has 0 bridgehead atoms. The van der Waals surface area contributed by atoms with Gasteiger partial charge in [0.05, 0.1) is 9.21 Å². The van der Waals surface area contributed by atoms with Crippen LogP contribution >= 0.6 is 22.9 Å². The second kappa shape index (κ2) is 3.86. The van der Waals surface area contributed by atoms with E-state index in [1.807, 2.05) is 12.1 Å². The van der Waals surface area contributed by atoms with E-state index in [0.29, 0.717) is 10.1 Å². The molecule has 0 aliphatic heterocycles. The average Bonchev–Trinajstić information content (AvgIpc) is 2.95. The molecule has 0 amide bonds. The number of imidazole rings is 2. The fourth-order valence-electron chi connectivity index (χ4n) is 1.82. The summed E-state index contributed by atoms with van der Waals surface area (Å²) in [5, 5.41) is 9.00. The number of nitrogens with zero attached hydrogens (tertiary/aromatic N) is 3. The topological polar surface area (TPSA) is 59.5 Å². The Labute approximate surface area is 111 Å². The molecule has 92 valence electrons. The molecule has 0 aliphatic rings. The fourth-order valence-corrected chi connectivity index (χ4v) is 2.82. The molecule has 0 aliphatic carbocycles. The summed E-state index contributed by atoms with van der Waals surface area (Å²) in [5.41, 5.74) is 0.989. The minimum Gasteiger partial charge on any atom is -0.477 e. The summed E-state index contributed by atoms with van der Waals surface area (Å²) in [6, 6.07) is 3.71. The maximum absolute atomic E-state index is 11.0. The molecule has 0 saturated carbocycles. The Morgan fingerprint density at radius 1 is 1.44 bits per heavy atom. The first kappa shape index (κ1) is 11.3. The van der Waals surface area contributed by atoms with Gasteiger partial charge in [-0.2, -0.15) is 0 Å². The van der Waals surface area contributed by atoms with Gasteiger partial charge in [-0.1, -0.05) is 11.6 Å². The van der Waals surface area contributed by atoms with Crippen LogP contribution < -0.4 is 0 Å². The molecule has 0 unspecified atom stereocenters. The lowest BCUT2D eigenvalue weighted by Gasteiger charge is -1.94. The van der Waals surface area contributed by atoms with Crippen LogP contribution in [0.2, 0.25) is 4.34 Å². The van der Waals surface area contributed by atoms with Gasteiger partial charge < -0.3 is 9.67 Å². The minimum absolute atomic E-state index is 0.202. The zero-order valence-electron chi connectivity index (χ0n) is 9.29. The van der Waals surface area contributed by atoms with Crippen LogP contribution in [0.4, 0.5) is 0 Å². The van der Waals surface area contributed by atoms with Crippen LogP contribution in [0.1, 0.15) is 10.5 Å². The Morgan fingerprint density at radius 3 is 2.78 bits per heavy atom.